The van der Waals surface area contributed by atoms with Crippen LogP contribution in [-0.2, 0) is 4.79 Å². The second kappa shape index (κ2) is 10.9. The van der Waals surface area contributed by atoms with Gasteiger partial charge in [-0.1, -0.05) is 23.7 Å². The van der Waals surface area contributed by atoms with E-state index in [1.807, 2.05) is 73.7 Å². The number of oxazole rings is 1. The Hall–Kier alpha value is -4.40. The van der Waals surface area contributed by atoms with Crippen molar-refractivity contribution in [3.8, 4) is 28.5 Å². The van der Waals surface area contributed by atoms with Crippen LogP contribution in [-0.4, -0.2) is 23.1 Å². The number of carbonyl (C=O) groups is 1. The Balaban J connectivity index is 1.17. The fourth-order valence-corrected chi connectivity index (χ4v) is 4.07. The lowest BCUT2D eigenvalue weighted by molar-refractivity contribution is -0.115. The van der Waals surface area contributed by atoms with E-state index in [0.29, 0.717) is 45.0 Å². The summed E-state index contributed by atoms with van der Waals surface area (Å²) in [4.78, 5) is 16.9. The zero-order valence-corrected chi connectivity index (χ0v) is 22.0. The molecule has 0 bridgehead atoms. The molecule has 7 nitrogen and oxygen atoms in total. The van der Waals surface area contributed by atoms with Crippen molar-refractivity contribution in [3.63, 3.8) is 0 Å². The summed E-state index contributed by atoms with van der Waals surface area (Å²) in [5, 5.41) is 6.44. The first-order valence-electron chi connectivity index (χ1n) is 11.6. The van der Waals surface area contributed by atoms with Gasteiger partial charge >= 0.3 is 0 Å². The number of hydrogen-bond acceptors (Lipinski definition) is 6. The number of nitrogens with one attached hydrogen (secondary N) is 2. The van der Waals surface area contributed by atoms with E-state index in [0.717, 1.165) is 16.7 Å². The van der Waals surface area contributed by atoms with Gasteiger partial charge in [0.05, 0.1) is 7.11 Å². The number of anilines is 1. The smallest absolute Gasteiger partial charge is 0.250 e. The Kier molecular flexibility index (Phi) is 7.26. The van der Waals surface area contributed by atoms with E-state index in [1.165, 1.54) is 6.08 Å². The summed E-state index contributed by atoms with van der Waals surface area (Å²) in [6.07, 6.45) is 2.92. The highest BCUT2D eigenvalue weighted by atomic mass is 35.5. The zero-order chi connectivity index (χ0) is 26.6. The third-order valence-corrected chi connectivity index (χ3v) is 6.31. The first-order valence-corrected chi connectivity index (χ1v) is 12.4. The predicted octanol–water partition coefficient (Wildman–Crippen LogP) is 7.25. The van der Waals surface area contributed by atoms with Crippen molar-refractivity contribution in [1.29, 1.82) is 0 Å². The fraction of sp³-hybridized carbons (Fsp3) is 0.0690. The zero-order valence-electron chi connectivity index (χ0n) is 20.4. The number of hydrogen-bond donors (Lipinski definition) is 2. The second-order valence-electron chi connectivity index (χ2n) is 8.37. The van der Waals surface area contributed by atoms with Gasteiger partial charge in [0.15, 0.2) is 10.7 Å². The molecule has 38 heavy (non-hydrogen) atoms. The normalized spacial score (nSPS) is 11.1. The quantitative estimate of drug-likeness (QED) is 0.172. The van der Waals surface area contributed by atoms with Crippen molar-refractivity contribution in [2.45, 2.75) is 6.92 Å². The van der Waals surface area contributed by atoms with Crippen LogP contribution < -0.4 is 15.4 Å². The van der Waals surface area contributed by atoms with Gasteiger partial charge in [0.25, 0.3) is 0 Å². The van der Waals surface area contributed by atoms with E-state index in [2.05, 4.69) is 15.6 Å². The van der Waals surface area contributed by atoms with Crippen LogP contribution in [0.5, 0.6) is 5.75 Å². The number of aromatic nitrogens is 1. The number of amides is 1. The fourth-order valence-electron chi connectivity index (χ4n) is 3.67. The molecule has 0 spiro atoms. The topological polar surface area (TPSA) is 89.5 Å². The van der Waals surface area contributed by atoms with Crippen molar-refractivity contribution in [1.82, 2.24) is 10.3 Å². The summed E-state index contributed by atoms with van der Waals surface area (Å²) >= 11 is 11.5. The van der Waals surface area contributed by atoms with Crippen LogP contribution in [0.15, 0.2) is 87.7 Å². The Morgan fingerprint density at radius 2 is 1.79 bits per heavy atom. The minimum Gasteiger partial charge on any atom is -0.497 e. The van der Waals surface area contributed by atoms with Crippen molar-refractivity contribution in [2.75, 3.05) is 12.4 Å². The molecule has 3 aromatic carbocycles. The maximum Gasteiger partial charge on any atom is 0.250 e. The lowest BCUT2D eigenvalue weighted by Crippen LogP contribution is -2.32. The van der Waals surface area contributed by atoms with Gasteiger partial charge in [0, 0.05) is 34.0 Å². The molecule has 0 radical (unpaired) electrons. The number of rotatable bonds is 6. The highest BCUT2D eigenvalue weighted by Crippen LogP contribution is 2.28. The van der Waals surface area contributed by atoms with Gasteiger partial charge in [-0.2, -0.15) is 0 Å². The maximum atomic E-state index is 12.3. The average molecular weight is 544 g/mol. The van der Waals surface area contributed by atoms with E-state index >= 15 is 0 Å². The maximum absolute atomic E-state index is 12.3. The molecular weight excluding hydrogens is 522 g/mol. The number of thiocarbonyl (C=S) groups is 1. The van der Waals surface area contributed by atoms with Gasteiger partial charge in [0.2, 0.25) is 11.8 Å². The first kappa shape index (κ1) is 25.3. The summed E-state index contributed by atoms with van der Waals surface area (Å²) < 4.78 is 16.9. The number of ether oxygens (including phenoxy) is 1. The largest absolute Gasteiger partial charge is 0.497 e. The number of carbonyl (C=O) groups excluding carboxylic acids is 1. The summed E-state index contributed by atoms with van der Waals surface area (Å²) in [6, 6.07) is 22.1. The third-order valence-electron chi connectivity index (χ3n) is 5.70. The molecule has 0 aliphatic carbocycles. The lowest BCUT2D eigenvalue weighted by atomic mass is 10.1. The molecule has 0 saturated heterocycles. The summed E-state index contributed by atoms with van der Waals surface area (Å²) in [6.45, 7) is 1.94. The second-order valence-corrected chi connectivity index (χ2v) is 9.19. The SMILES string of the molecule is COc1ccc2oc(-c3ccc(NC(=S)NC(=O)/C=C/c4ccc(-c5ccc(C)c(Cl)c5)o4)cc3)nc2c1. The number of methoxy groups -OCH3 is 1. The molecule has 1 amide bonds. The van der Waals surface area contributed by atoms with Crippen LogP contribution >= 0.6 is 23.8 Å². The number of furan rings is 1. The minimum atomic E-state index is -0.391. The average Bonchev–Trinajstić information content (AvgIpc) is 3.56. The van der Waals surface area contributed by atoms with E-state index < -0.39 is 5.91 Å². The minimum absolute atomic E-state index is 0.163. The monoisotopic (exact) mass is 543 g/mol. The van der Waals surface area contributed by atoms with Crippen LogP contribution in [0.25, 0.3) is 40.0 Å². The van der Waals surface area contributed by atoms with Gasteiger partial charge in [-0.15, -0.1) is 0 Å². The molecule has 0 atom stereocenters. The molecule has 2 aromatic heterocycles. The Morgan fingerprint density at radius 1 is 1.00 bits per heavy atom. The van der Waals surface area contributed by atoms with Crippen molar-refractivity contribution in [3.05, 3.63) is 95.2 Å². The van der Waals surface area contributed by atoms with Crippen molar-refractivity contribution >= 4 is 57.7 Å². The Labute approximate surface area is 229 Å². The first-order chi connectivity index (χ1) is 18.4. The van der Waals surface area contributed by atoms with Crippen LogP contribution in [0.3, 0.4) is 0 Å². The summed E-state index contributed by atoms with van der Waals surface area (Å²) in [5.74, 6) is 2.00. The number of nitrogens with zero attached hydrogens (tertiary/aromatic N) is 1. The summed E-state index contributed by atoms with van der Waals surface area (Å²) in [7, 11) is 1.61. The molecule has 5 aromatic rings. The Morgan fingerprint density at radius 3 is 2.55 bits per heavy atom. The molecule has 0 aliphatic rings. The highest BCUT2D eigenvalue weighted by molar-refractivity contribution is 7.80. The van der Waals surface area contributed by atoms with Crippen LogP contribution in [0.4, 0.5) is 5.69 Å². The molecule has 2 heterocycles. The van der Waals surface area contributed by atoms with E-state index in [1.54, 1.807) is 19.3 Å². The van der Waals surface area contributed by atoms with Crippen LogP contribution in [0, 0.1) is 6.92 Å². The molecule has 9 heteroatoms. The molecule has 0 aliphatic heterocycles. The van der Waals surface area contributed by atoms with Crippen LogP contribution in [0.2, 0.25) is 5.02 Å². The van der Waals surface area contributed by atoms with E-state index in [4.69, 9.17) is 37.4 Å². The molecule has 2 N–H and O–H groups in total. The molecule has 0 saturated carbocycles. The van der Waals surface area contributed by atoms with Crippen molar-refractivity contribution < 1.29 is 18.4 Å². The van der Waals surface area contributed by atoms with Gasteiger partial charge < -0.3 is 18.9 Å². The predicted molar refractivity (Wildman–Crippen MR) is 153 cm³/mol. The van der Waals surface area contributed by atoms with Gasteiger partial charge in [-0.05, 0) is 85.4 Å². The molecule has 5 rings (SSSR count). The van der Waals surface area contributed by atoms with E-state index in [-0.39, 0.29) is 5.11 Å². The summed E-state index contributed by atoms with van der Waals surface area (Å²) in [5.41, 5.74) is 4.73. The van der Waals surface area contributed by atoms with Gasteiger partial charge in [0.1, 0.15) is 22.8 Å². The number of fused-ring (bicyclic) bond motifs is 1. The molecular formula is C29H22ClN3O4S. The highest BCUT2D eigenvalue weighted by Gasteiger charge is 2.10. The molecule has 0 fully saturated rings. The lowest BCUT2D eigenvalue weighted by Gasteiger charge is -2.08. The number of halogens is 1. The van der Waals surface area contributed by atoms with Crippen molar-refractivity contribution in [2.24, 2.45) is 0 Å². The third kappa shape index (κ3) is 5.77. The Bertz CT molecular complexity index is 1670. The molecule has 190 valence electrons. The van der Waals surface area contributed by atoms with Gasteiger partial charge in [-0.3, -0.25) is 10.1 Å². The van der Waals surface area contributed by atoms with E-state index in [9.17, 15) is 4.79 Å². The van der Waals surface area contributed by atoms with Crippen LogP contribution in [0.1, 0.15) is 11.3 Å². The number of benzene rings is 3. The molecule has 0 unspecified atom stereocenters. The number of aryl methyl sites for hydroxylation is 1. The standard InChI is InChI=1S/C29H22ClN3O4S/c1-17-3-4-19(15-23(17)30)25-12-9-21(36-25)11-14-27(34)33-29(38)31-20-7-5-18(6-8-20)28-32-24-16-22(35-2)10-13-26(24)37-28/h3-16H,1-2H3,(H2,31,33,34,38)/b14-11+. The van der Waals surface area contributed by atoms with Gasteiger partial charge in [-0.25, -0.2) is 4.98 Å².